The molecule has 3 aliphatic rings. The van der Waals surface area contributed by atoms with Gasteiger partial charge in [0.05, 0.1) is 12.5 Å². The number of carbonyl (C=O) groups excluding carboxylic acids is 2. The summed E-state index contributed by atoms with van der Waals surface area (Å²) in [5.41, 5.74) is 0. The third-order valence-corrected chi connectivity index (χ3v) is 6.50. The molecule has 1 N–H and O–H groups in total. The maximum atomic E-state index is 12.9. The molecule has 3 amide bonds. The zero-order valence-electron chi connectivity index (χ0n) is 14.6. The first kappa shape index (κ1) is 18.4. The first-order valence-electron chi connectivity index (χ1n) is 9.20. The third-order valence-electron chi connectivity index (χ3n) is 5.41. The van der Waals surface area contributed by atoms with Crippen molar-refractivity contribution in [1.82, 2.24) is 14.7 Å². The lowest BCUT2D eigenvalue weighted by Gasteiger charge is -2.39. The molecular formula is C17H27N3O4S. The number of carboxylic acid groups (broad SMARTS) is 1. The minimum absolute atomic E-state index is 0.0189. The minimum Gasteiger partial charge on any atom is -0.481 e. The minimum atomic E-state index is -0.851. The topological polar surface area (TPSA) is 81.2 Å². The number of nitrogens with zero attached hydrogens (tertiary/aromatic N) is 3. The van der Waals surface area contributed by atoms with E-state index < -0.39 is 5.97 Å². The number of amides is 3. The van der Waals surface area contributed by atoms with Crippen molar-refractivity contribution in [2.75, 3.05) is 44.2 Å². The Morgan fingerprint density at radius 2 is 1.60 bits per heavy atom. The van der Waals surface area contributed by atoms with Crippen LogP contribution in [0, 0.1) is 5.92 Å². The molecule has 140 valence electrons. The van der Waals surface area contributed by atoms with Crippen molar-refractivity contribution in [3.8, 4) is 0 Å². The van der Waals surface area contributed by atoms with E-state index in [2.05, 4.69) is 0 Å². The van der Waals surface area contributed by atoms with Crippen LogP contribution in [0.15, 0.2) is 0 Å². The van der Waals surface area contributed by atoms with Crippen molar-refractivity contribution in [2.24, 2.45) is 5.92 Å². The maximum absolute atomic E-state index is 12.9. The van der Waals surface area contributed by atoms with Crippen molar-refractivity contribution < 1.29 is 19.5 Å². The standard InChI is InChI=1S/C17H27N3O4S/c21-15(22)11-14-12-25-10-9-20(14)16(23)13-3-7-19(8-4-13)17(24)18-5-1-2-6-18/h13-14H,1-12H2,(H,21,22). The molecule has 0 aromatic rings. The van der Waals surface area contributed by atoms with Crippen LogP contribution in [0.1, 0.15) is 32.1 Å². The van der Waals surface area contributed by atoms with Crippen molar-refractivity contribution in [2.45, 2.75) is 38.1 Å². The lowest BCUT2D eigenvalue weighted by atomic mass is 9.94. The molecule has 3 rings (SSSR count). The van der Waals surface area contributed by atoms with Gasteiger partial charge in [0, 0.05) is 50.1 Å². The van der Waals surface area contributed by atoms with Gasteiger partial charge in [-0.1, -0.05) is 0 Å². The summed E-state index contributed by atoms with van der Waals surface area (Å²) >= 11 is 1.72. The van der Waals surface area contributed by atoms with Gasteiger partial charge in [-0.05, 0) is 25.7 Å². The molecule has 0 radical (unpaired) electrons. The Labute approximate surface area is 152 Å². The van der Waals surface area contributed by atoms with Crippen molar-refractivity contribution >= 4 is 29.7 Å². The normalized spacial score (nSPS) is 25.3. The van der Waals surface area contributed by atoms with Gasteiger partial charge in [-0.25, -0.2) is 4.79 Å². The highest BCUT2D eigenvalue weighted by molar-refractivity contribution is 7.99. The molecule has 3 fully saturated rings. The van der Waals surface area contributed by atoms with E-state index in [1.807, 2.05) is 9.80 Å². The molecule has 25 heavy (non-hydrogen) atoms. The lowest BCUT2D eigenvalue weighted by Crippen LogP contribution is -2.52. The molecule has 0 aliphatic carbocycles. The van der Waals surface area contributed by atoms with Gasteiger partial charge in [-0.2, -0.15) is 11.8 Å². The zero-order chi connectivity index (χ0) is 17.8. The number of carboxylic acids is 1. The van der Waals surface area contributed by atoms with Crippen LogP contribution in [0.5, 0.6) is 0 Å². The maximum Gasteiger partial charge on any atom is 0.319 e. The van der Waals surface area contributed by atoms with Crippen molar-refractivity contribution in [1.29, 1.82) is 0 Å². The van der Waals surface area contributed by atoms with Crippen LogP contribution in [0.3, 0.4) is 0 Å². The Morgan fingerprint density at radius 3 is 2.24 bits per heavy atom. The molecule has 7 nitrogen and oxygen atoms in total. The van der Waals surface area contributed by atoms with Gasteiger partial charge in [-0.15, -0.1) is 0 Å². The lowest BCUT2D eigenvalue weighted by molar-refractivity contribution is -0.142. The predicted octanol–water partition coefficient (Wildman–Crippen LogP) is 1.33. The summed E-state index contributed by atoms with van der Waals surface area (Å²) < 4.78 is 0. The van der Waals surface area contributed by atoms with Gasteiger partial charge in [0.1, 0.15) is 0 Å². The van der Waals surface area contributed by atoms with Crippen LogP contribution >= 0.6 is 11.8 Å². The Hall–Kier alpha value is -1.44. The van der Waals surface area contributed by atoms with Gasteiger partial charge < -0.3 is 19.8 Å². The molecule has 1 unspecified atom stereocenters. The summed E-state index contributed by atoms with van der Waals surface area (Å²) in [4.78, 5) is 42.0. The number of thioether (sulfide) groups is 1. The van der Waals surface area contributed by atoms with Crippen LogP contribution in [0.2, 0.25) is 0 Å². The number of carbonyl (C=O) groups is 3. The van der Waals surface area contributed by atoms with E-state index in [1.165, 1.54) is 0 Å². The van der Waals surface area contributed by atoms with Gasteiger partial charge in [0.15, 0.2) is 0 Å². The Bertz CT molecular complexity index is 516. The molecule has 0 aromatic carbocycles. The number of hydrogen-bond donors (Lipinski definition) is 1. The summed E-state index contributed by atoms with van der Waals surface area (Å²) in [5, 5.41) is 9.08. The molecule has 3 aliphatic heterocycles. The fourth-order valence-electron chi connectivity index (χ4n) is 3.98. The van der Waals surface area contributed by atoms with Gasteiger partial charge in [-0.3, -0.25) is 9.59 Å². The predicted molar refractivity (Wildman–Crippen MR) is 95.6 cm³/mol. The fraction of sp³-hybridized carbons (Fsp3) is 0.824. The van der Waals surface area contributed by atoms with Crippen LogP contribution in [-0.4, -0.2) is 88.0 Å². The zero-order valence-corrected chi connectivity index (χ0v) is 15.4. The quantitative estimate of drug-likeness (QED) is 0.812. The Balaban J connectivity index is 1.53. The van der Waals surface area contributed by atoms with E-state index in [9.17, 15) is 14.4 Å². The number of likely N-dealkylation sites (tertiary alicyclic amines) is 2. The molecule has 8 heteroatoms. The van der Waals surface area contributed by atoms with Crippen LogP contribution in [-0.2, 0) is 9.59 Å². The van der Waals surface area contributed by atoms with E-state index in [1.54, 1.807) is 16.7 Å². The first-order chi connectivity index (χ1) is 12.1. The molecule has 0 bridgehead atoms. The molecule has 1 atom stereocenters. The number of rotatable bonds is 3. The highest BCUT2D eigenvalue weighted by Gasteiger charge is 2.36. The second-order valence-electron chi connectivity index (χ2n) is 7.10. The monoisotopic (exact) mass is 369 g/mol. The number of piperidine rings is 1. The summed E-state index contributed by atoms with van der Waals surface area (Å²) in [5.74, 6) is 0.719. The number of urea groups is 1. The fourth-order valence-corrected chi connectivity index (χ4v) is 5.04. The number of aliphatic carboxylic acids is 1. The van der Waals surface area contributed by atoms with Crippen LogP contribution in [0.4, 0.5) is 4.79 Å². The van der Waals surface area contributed by atoms with Crippen LogP contribution in [0.25, 0.3) is 0 Å². The highest BCUT2D eigenvalue weighted by Crippen LogP contribution is 2.26. The molecule has 0 saturated carbocycles. The average molecular weight is 369 g/mol. The summed E-state index contributed by atoms with van der Waals surface area (Å²) in [6.45, 7) is 3.57. The molecule has 3 saturated heterocycles. The Kier molecular flexibility index (Phi) is 6.09. The van der Waals surface area contributed by atoms with Crippen molar-refractivity contribution in [3.05, 3.63) is 0 Å². The molecule has 0 spiro atoms. The second-order valence-corrected chi connectivity index (χ2v) is 8.25. The smallest absolute Gasteiger partial charge is 0.319 e. The van der Waals surface area contributed by atoms with E-state index in [0.717, 1.165) is 31.7 Å². The first-order valence-corrected chi connectivity index (χ1v) is 10.4. The largest absolute Gasteiger partial charge is 0.481 e. The third kappa shape index (κ3) is 4.40. The SMILES string of the molecule is O=C(O)CC1CSCCN1C(=O)C1CCN(C(=O)N2CCCC2)CC1. The summed E-state index contributed by atoms with van der Waals surface area (Å²) in [7, 11) is 0. The van der Waals surface area contributed by atoms with Gasteiger partial charge in [0.2, 0.25) is 5.91 Å². The average Bonchev–Trinajstić information content (AvgIpc) is 3.15. The summed E-state index contributed by atoms with van der Waals surface area (Å²) in [6.07, 6.45) is 3.55. The van der Waals surface area contributed by atoms with E-state index in [4.69, 9.17) is 5.11 Å². The highest BCUT2D eigenvalue weighted by atomic mass is 32.2. The van der Waals surface area contributed by atoms with Crippen LogP contribution < -0.4 is 0 Å². The molecule has 3 heterocycles. The van der Waals surface area contributed by atoms with Crippen molar-refractivity contribution in [3.63, 3.8) is 0 Å². The molecule has 0 aromatic heterocycles. The van der Waals surface area contributed by atoms with E-state index in [-0.39, 0.29) is 30.3 Å². The van der Waals surface area contributed by atoms with E-state index >= 15 is 0 Å². The Morgan fingerprint density at radius 1 is 0.960 bits per heavy atom. The van der Waals surface area contributed by atoms with Gasteiger partial charge >= 0.3 is 12.0 Å². The molecular weight excluding hydrogens is 342 g/mol. The summed E-state index contributed by atoms with van der Waals surface area (Å²) in [6, 6.07) is -0.0884. The second kappa shape index (κ2) is 8.29. The number of hydrogen-bond acceptors (Lipinski definition) is 4. The van der Waals surface area contributed by atoms with Gasteiger partial charge in [0.25, 0.3) is 0 Å². The van der Waals surface area contributed by atoms with E-state index in [0.29, 0.717) is 38.2 Å².